The number of carboxylic acids is 1. The first-order valence-corrected chi connectivity index (χ1v) is 5.92. The van der Waals surface area contributed by atoms with E-state index in [0.717, 1.165) is 0 Å². The summed E-state index contributed by atoms with van der Waals surface area (Å²) >= 11 is 0. The van der Waals surface area contributed by atoms with Crippen LogP contribution in [0.1, 0.15) is 13.8 Å². The summed E-state index contributed by atoms with van der Waals surface area (Å²) in [6, 6.07) is 0.786. The third-order valence-corrected chi connectivity index (χ3v) is 2.52. The van der Waals surface area contributed by atoms with Gasteiger partial charge in [0.2, 0.25) is 11.9 Å². The number of likely N-dealkylation sites (N-methyl/N-ethyl adjacent to an activating group) is 1. The lowest BCUT2D eigenvalue weighted by Gasteiger charge is -2.21. The van der Waals surface area contributed by atoms with E-state index in [1.807, 2.05) is 0 Å². The Hall–Kier alpha value is -2.18. The summed E-state index contributed by atoms with van der Waals surface area (Å²) in [6.07, 6.45) is 3.15. The number of aliphatic carboxylic acids is 1. The number of nitrogens with one attached hydrogen (secondary N) is 1. The normalized spacial score (nSPS) is 12.0. The van der Waals surface area contributed by atoms with Gasteiger partial charge in [-0.2, -0.15) is 0 Å². The molecule has 1 amide bonds. The van der Waals surface area contributed by atoms with E-state index in [1.54, 1.807) is 44.3 Å². The monoisotopic (exact) mass is 266 g/mol. The second kappa shape index (κ2) is 6.67. The number of nitrogens with zero attached hydrogens (tertiary/aromatic N) is 3. The molecule has 0 bridgehead atoms. The van der Waals surface area contributed by atoms with Crippen molar-refractivity contribution in [1.82, 2.24) is 15.3 Å². The molecule has 2 N–H and O–H groups in total. The molecule has 0 aromatic carbocycles. The lowest BCUT2D eigenvalue weighted by Crippen LogP contribution is -2.47. The molecule has 0 saturated heterocycles. The fourth-order valence-corrected chi connectivity index (χ4v) is 1.51. The molecule has 0 aliphatic carbocycles. The minimum atomic E-state index is -1.04. The molecule has 0 unspecified atom stereocenters. The van der Waals surface area contributed by atoms with E-state index >= 15 is 0 Å². The van der Waals surface area contributed by atoms with Crippen LogP contribution in [-0.4, -0.2) is 46.6 Å². The SMILES string of the molecule is CC(C)[C@H](NC(=O)CN(C)c1ncccn1)C(=O)O. The van der Waals surface area contributed by atoms with Crippen LogP contribution in [0.25, 0.3) is 0 Å². The minimum absolute atomic E-state index is 0.000509. The zero-order chi connectivity index (χ0) is 14.4. The number of carbonyl (C=O) groups is 2. The first-order valence-electron chi connectivity index (χ1n) is 5.92. The Kier molecular flexibility index (Phi) is 5.23. The van der Waals surface area contributed by atoms with Gasteiger partial charge in [-0.15, -0.1) is 0 Å². The molecule has 1 rings (SSSR count). The molecule has 0 spiro atoms. The molecule has 0 radical (unpaired) electrons. The van der Waals surface area contributed by atoms with E-state index in [4.69, 9.17) is 5.11 Å². The number of aromatic nitrogens is 2. The van der Waals surface area contributed by atoms with Crippen LogP contribution in [0, 0.1) is 5.92 Å². The van der Waals surface area contributed by atoms with Gasteiger partial charge in [0.05, 0.1) is 6.54 Å². The summed E-state index contributed by atoms with van der Waals surface area (Å²) in [5.41, 5.74) is 0. The van der Waals surface area contributed by atoms with E-state index in [2.05, 4.69) is 15.3 Å². The van der Waals surface area contributed by atoms with Crippen LogP contribution in [0.3, 0.4) is 0 Å². The molecule has 0 saturated carbocycles. The Morgan fingerprint density at radius 2 is 1.95 bits per heavy atom. The quantitative estimate of drug-likeness (QED) is 0.760. The molecule has 104 valence electrons. The van der Waals surface area contributed by atoms with Gasteiger partial charge in [-0.3, -0.25) is 4.79 Å². The van der Waals surface area contributed by atoms with Gasteiger partial charge in [0.15, 0.2) is 0 Å². The van der Waals surface area contributed by atoms with Gasteiger partial charge in [-0.25, -0.2) is 14.8 Å². The minimum Gasteiger partial charge on any atom is -0.480 e. The molecule has 19 heavy (non-hydrogen) atoms. The van der Waals surface area contributed by atoms with Crippen LogP contribution in [0.4, 0.5) is 5.95 Å². The number of carboxylic acid groups (broad SMARTS) is 1. The Morgan fingerprint density at radius 3 is 2.42 bits per heavy atom. The van der Waals surface area contributed by atoms with Crippen LogP contribution in [0.5, 0.6) is 0 Å². The molecule has 1 aromatic heterocycles. The van der Waals surface area contributed by atoms with Crippen molar-refractivity contribution in [2.45, 2.75) is 19.9 Å². The van der Waals surface area contributed by atoms with Crippen molar-refractivity contribution in [1.29, 1.82) is 0 Å². The third-order valence-electron chi connectivity index (χ3n) is 2.52. The van der Waals surface area contributed by atoms with Gasteiger partial charge in [-0.1, -0.05) is 13.8 Å². The fourth-order valence-electron chi connectivity index (χ4n) is 1.51. The summed E-state index contributed by atoms with van der Waals surface area (Å²) in [5.74, 6) is -1.19. The Bertz CT molecular complexity index is 436. The van der Waals surface area contributed by atoms with Crippen molar-refractivity contribution in [3.05, 3.63) is 18.5 Å². The molecular weight excluding hydrogens is 248 g/mol. The Balaban J connectivity index is 2.58. The number of hydrogen-bond acceptors (Lipinski definition) is 5. The topological polar surface area (TPSA) is 95.4 Å². The van der Waals surface area contributed by atoms with E-state index in [1.165, 1.54) is 0 Å². The highest BCUT2D eigenvalue weighted by atomic mass is 16.4. The van der Waals surface area contributed by atoms with Crippen LogP contribution in [0.15, 0.2) is 18.5 Å². The van der Waals surface area contributed by atoms with Gasteiger partial charge >= 0.3 is 5.97 Å². The van der Waals surface area contributed by atoms with Crippen LogP contribution in [-0.2, 0) is 9.59 Å². The summed E-state index contributed by atoms with van der Waals surface area (Å²) in [4.78, 5) is 32.3. The van der Waals surface area contributed by atoms with Crippen molar-refractivity contribution in [3.8, 4) is 0 Å². The number of anilines is 1. The maximum atomic E-state index is 11.8. The number of carbonyl (C=O) groups excluding carboxylic acids is 1. The van der Waals surface area contributed by atoms with Crippen molar-refractivity contribution in [2.24, 2.45) is 5.92 Å². The highest BCUT2D eigenvalue weighted by molar-refractivity contribution is 5.86. The fraction of sp³-hybridized carbons (Fsp3) is 0.500. The predicted octanol–water partition coefficient (Wildman–Crippen LogP) is 0.138. The second-order valence-corrected chi connectivity index (χ2v) is 4.53. The maximum absolute atomic E-state index is 11.8. The lowest BCUT2D eigenvalue weighted by atomic mass is 10.1. The van der Waals surface area contributed by atoms with E-state index in [-0.39, 0.29) is 18.4 Å². The van der Waals surface area contributed by atoms with Crippen LogP contribution in [0.2, 0.25) is 0 Å². The third kappa shape index (κ3) is 4.53. The van der Waals surface area contributed by atoms with Crippen molar-refractivity contribution in [3.63, 3.8) is 0 Å². The molecule has 1 heterocycles. The smallest absolute Gasteiger partial charge is 0.326 e. The lowest BCUT2D eigenvalue weighted by molar-refractivity contribution is -0.142. The first kappa shape index (κ1) is 14.9. The van der Waals surface area contributed by atoms with Gasteiger partial charge in [-0.05, 0) is 12.0 Å². The largest absolute Gasteiger partial charge is 0.480 e. The number of hydrogen-bond donors (Lipinski definition) is 2. The zero-order valence-electron chi connectivity index (χ0n) is 11.2. The maximum Gasteiger partial charge on any atom is 0.326 e. The highest BCUT2D eigenvalue weighted by Crippen LogP contribution is 2.03. The Morgan fingerprint density at radius 1 is 1.37 bits per heavy atom. The van der Waals surface area contributed by atoms with Crippen LogP contribution >= 0.6 is 0 Å². The molecular formula is C12H18N4O3. The number of amides is 1. The first-order chi connectivity index (χ1) is 8.91. The van der Waals surface area contributed by atoms with Gasteiger partial charge in [0.1, 0.15) is 6.04 Å². The zero-order valence-corrected chi connectivity index (χ0v) is 11.2. The summed E-state index contributed by atoms with van der Waals surface area (Å²) < 4.78 is 0. The molecule has 0 aliphatic rings. The second-order valence-electron chi connectivity index (χ2n) is 4.53. The highest BCUT2D eigenvalue weighted by Gasteiger charge is 2.23. The van der Waals surface area contributed by atoms with Crippen LogP contribution < -0.4 is 10.2 Å². The predicted molar refractivity (Wildman–Crippen MR) is 69.7 cm³/mol. The van der Waals surface area contributed by atoms with E-state index < -0.39 is 12.0 Å². The van der Waals surface area contributed by atoms with Crippen molar-refractivity contribution in [2.75, 3.05) is 18.5 Å². The molecule has 7 heteroatoms. The standard InChI is InChI=1S/C12H18N4O3/c1-8(2)10(11(18)19)15-9(17)7-16(3)12-13-5-4-6-14-12/h4-6,8,10H,7H2,1-3H3,(H,15,17)(H,18,19)/t10-/m0/s1. The molecule has 1 aromatic rings. The summed E-state index contributed by atoms with van der Waals surface area (Å²) in [6.45, 7) is 3.48. The van der Waals surface area contributed by atoms with Crippen molar-refractivity contribution < 1.29 is 14.7 Å². The summed E-state index contributed by atoms with van der Waals surface area (Å²) in [7, 11) is 1.67. The molecule has 1 atom stereocenters. The average Bonchev–Trinajstić information content (AvgIpc) is 2.36. The molecule has 0 aliphatic heterocycles. The Labute approximate surface area is 111 Å². The van der Waals surface area contributed by atoms with Crippen molar-refractivity contribution >= 4 is 17.8 Å². The number of rotatable bonds is 6. The average molecular weight is 266 g/mol. The van der Waals surface area contributed by atoms with E-state index in [9.17, 15) is 9.59 Å². The van der Waals surface area contributed by atoms with Gasteiger partial charge in [0.25, 0.3) is 0 Å². The van der Waals surface area contributed by atoms with Gasteiger partial charge in [0, 0.05) is 19.4 Å². The molecule has 0 fully saturated rings. The molecule has 7 nitrogen and oxygen atoms in total. The van der Waals surface area contributed by atoms with E-state index in [0.29, 0.717) is 5.95 Å². The van der Waals surface area contributed by atoms with Gasteiger partial charge < -0.3 is 15.3 Å². The summed E-state index contributed by atoms with van der Waals surface area (Å²) in [5, 5.41) is 11.5.